The smallest absolute Gasteiger partial charge is 0.418 e. The van der Waals surface area contributed by atoms with Gasteiger partial charge in [0.25, 0.3) is 0 Å². The van der Waals surface area contributed by atoms with Crippen LogP contribution in [0.2, 0.25) is 0 Å². The van der Waals surface area contributed by atoms with Gasteiger partial charge in [0.15, 0.2) is 5.60 Å². The SMILES string of the molecule is COc1ccc(F)cc1C(C)(C)CC(O)(CNc1ccc(F)c2nc(C)ncc12)C(F)(F)F.Cc1ncc2c(N)ccc(F)c2n1. The number of benzene rings is 3. The standard InChI is InChI=1S/C23H24F5N3O2.C9H8FN3/c1-13-29-10-15-18(7-6-17(25)20(15)31-13)30-12-22(32,23(26,27)28)11-21(2,3)16-9-14(24)5-8-19(16)33-4;1-5-12-4-6-8(11)3-2-7(10)9(6)13-5/h5-10,30,32H,11-12H2,1-4H3;2-4H,11H2,1H3. The van der Waals surface area contributed by atoms with Crippen LogP contribution in [-0.4, -0.2) is 50.5 Å². The molecule has 0 fully saturated rings. The predicted octanol–water partition coefficient (Wildman–Crippen LogP) is 6.96. The summed E-state index contributed by atoms with van der Waals surface area (Å²) in [5.41, 5.74) is 2.14. The molecule has 2 aromatic heterocycles. The van der Waals surface area contributed by atoms with Gasteiger partial charge >= 0.3 is 6.18 Å². The van der Waals surface area contributed by atoms with Crippen LogP contribution in [0.3, 0.4) is 0 Å². The molecule has 1 atom stereocenters. The highest BCUT2D eigenvalue weighted by molar-refractivity contribution is 5.91. The van der Waals surface area contributed by atoms with Crippen LogP contribution in [0, 0.1) is 31.3 Å². The number of hydrogen-bond donors (Lipinski definition) is 3. The molecule has 0 bridgehead atoms. The van der Waals surface area contributed by atoms with Crippen LogP contribution in [0.4, 0.5) is 37.7 Å². The second kappa shape index (κ2) is 12.9. The predicted molar refractivity (Wildman–Crippen MR) is 163 cm³/mol. The Bertz CT molecular complexity index is 1880. The zero-order chi connectivity index (χ0) is 34.0. The normalized spacial score (nSPS) is 13.2. The molecule has 14 heteroatoms. The number of nitrogens with zero attached hydrogens (tertiary/aromatic N) is 4. The van der Waals surface area contributed by atoms with Crippen LogP contribution in [-0.2, 0) is 5.41 Å². The summed E-state index contributed by atoms with van der Waals surface area (Å²) >= 11 is 0. The molecule has 46 heavy (non-hydrogen) atoms. The third kappa shape index (κ3) is 7.22. The van der Waals surface area contributed by atoms with E-state index in [4.69, 9.17) is 10.5 Å². The number of nitrogens with one attached hydrogen (secondary N) is 1. The molecule has 3 aromatic carbocycles. The van der Waals surface area contributed by atoms with Crippen LogP contribution in [0.15, 0.2) is 54.9 Å². The number of nitrogen functional groups attached to an aromatic ring is 1. The number of ether oxygens (including phenoxy) is 1. The Hall–Kier alpha value is -4.72. The van der Waals surface area contributed by atoms with E-state index >= 15 is 0 Å². The maximum atomic E-state index is 14.1. The zero-order valence-electron chi connectivity index (χ0n) is 25.6. The molecule has 0 aliphatic rings. The third-order valence-electron chi connectivity index (χ3n) is 7.40. The van der Waals surface area contributed by atoms with Crippen molar-refractivity contribution < 1.29 is 36.2 Å². The van der Waals surface area contributed by atoms with Crippen molar-refractivity contribution in [3.63, 3.8) is 0 Å². The van der Waals surface area contributed by atoms with Gasteiger partial charge < -0.3 is 20.9 Å². The number of rotatable bonds is 7. The number of aryl methyl sites for hydroxylation is 2. The van der Waals surface area contributed by atoms with E-state index in [1.165, 1.54) is 57.6 Å². The van der Waals surface area contributed by atoms with Crippen molar-refractivity contribution in [1.82, 2.24) is 19.9 Å². The summed E-state index contributed by atoms with van der Waals surface area (Å²) in [6, 6.07) is 8.71. The van der Waals surface area contributed by atoms with Crippen molar-refractivity contribution >= 4 is 33.2 Å². The van der Waals surface area contributed by atoms with E-state index in [0.717, 1.165) is 18.2 Å². The van der Waals surface area contributed by atoms with Gasteiger partial charge in [0.2, 0.25) is 0 Å². The summed E-state index contributed by atoms with van der Waals surface area (Å²) in [7, 11) is 1.33. The largest absolute Gasteiger partial charge is 0.496 e. The summed E-state index contributed by atoms with van der Waals surface area (Å²) in [6.45, 7) is 5.26. The molecule has 4 N–H and O–H groups in total. The Labute approximate surface area is 260 Å². The fraction of sp³-hybridized carbons (Fsp3) is 0.312. The summed E-state index contributed by atoms with van der Waals surface area (Å²) in [4.78, 5) is 15.9. The minimum absolute atomic E-state index is 0.0483. The first-order valence-corrected chi connectivity index (χ1v) is 13.9. The number of hydrogen-bond acceptors (Lipinski definition) is 8. The molecule has 0 aliphatic carbocycles. The molecule has 0 amide bonds. The lowest BCUT2D eigenvalue weighted by atomic mass is 9.74. The van der Waals surface area contributed by atoms with E-state index in [-0.39, 0.29) is 39.2 Å². The van der Waals surface area contributed by atoms with Gasteiger partial charge in [-0.3, -0.25) is 0 Å². The lowest BCUT2D eigenvalue weighted by Crippen LogP contribution is -2.53. The first kappa shape index (κ1) is 34.2. The summed E-state index contributed by atoms with van der Waals surface area (Å²) < 4.78 is 88.6. The van der Waals surface area contributed by atoms with E-state index in [0.29, 0.717) is 22.7 Å². The van der Waals surface area contributed by atoms with Crippen molar-refractivity contribution in [3.8, 4) is 5.75 Å². The molecule has 0 saturated carbocycles. The number of aliphatic hydroxyl groups is 1. The first-order valence-electron chi connectivity index (χ1n) is 13.9. The maximum Gasteiger partial charge on any atom is 0.418 e. The Morgan fingerprint density at radius 3 is 2.00 bits per heavy atom. The molecule has 8 nitrogen and oxygen atoms in total. The van der Waals surface area contributed by atoms with Gasteiger partial charge in [0, 0.05) is 40.1 Å². The van der Waals surface area contributed by atoms with Gasteiger partial charge in [-0.05, 0) is 68.1 Å². The average Bonchev–Trinajstić information content (AvgIpc) is 2.98. The highest BCUT2D eigenvalue weighted by atomic mass is 19.4. The molecule has 244 valence electrons. The van der Waals surface area contributed by atoms with Gasteiger partial charge in [-0.25, -0.2) is 33.1 Å². The van der Waals surface area contributed by atoms with E-state index in [1.807, 2.05) is 0 Å². The Morgan fingerprint density at radius 1 is 0.848 bits per heavy atom. The number of methoxy groups -OCH3 is 1. The number of aromatic nitrogens is 4. The fourth-order valence-corrected chi connectivity index (χ4v) is 5.06. The Kier molecular flexibility index (Phi) is 9.62. The van der Waals surface area contributed by atoms with Gasteiger partial charge in [-0.2, -0.15) is 13.2 Å². The Morgan fingerprint density at radius 2 is 1.41 bits per heavy atom. The third-order valence-corrected chi connectivity index (χ3v) is 7.40. The van der Waals surface area contributed by atoms with Crippen LogP contribution in [0.25, 0.3) is 21.8 Å². The van der Waals surface area contributed by atoms with Crippen molar-refractivity contribution in [3.05, 3.63) is 89.5 Å². The quantitative estimate of drug-likeness (QED) is 0.128. The molecule has 2 heterocycles. The molecule has 0 radical (unpaired) electrons. The number of alkyl halides is 3. The fourth-order valence-electron chi connectivity index (χ4n) is 5.06. The molecule has 0 spiro atoms. The minimum atomic E-state index is -5.03. The molecular weight excluding hydrogens is 614 g/mol. The van der Waals surface area contributed by atoms with Crippen LogP contribution in [0.1, 0.15) is 37.5 Å². The Balaban J connectivity index is 0.000000305. The van der Waals surface area contributed by atoms with Crippen molar-refractivity contribution in [2.45, 2.75) is 51.3 Å². The summed E-state index contributed by atoms with van der Waals surface area (Å²) in [5.74, 6) is -0.606. The van der Waals surface area contributed by atoms with Crippen LogP contribution < -0.4 is 15.8 Å². The van der Waals surface area contributed by atoms with Gasteiger partial charge in [0.1, 0.15) is 45.9 Å². The first-order chi connectivity index (χ1) is 21.5. The summed E-state index contributed by atoms with van der Waals surface area (Å²) in [5, 5.41) is 14.1. The topological polar surface area (TPSA) is 119 Å². The molecule has 1 unspecified atom stereocenters. The number of fused-ring (bicyclic) bond motifs is 2. The second-order valence-corrected chi connectivity index (χ2v) is 11.4. The van der Waals surface area contributed by atoms with Gasteiger partial charge in [0.05, 0.1) is 13.7 Å². The summed E-state index contributed by atoms with van der Waals surface area (Å²) in [6.07, 6.45) is -2.99. The number of halogens is 6. The van der Waals surface area contributed by atoms with Gasteiger partial charge in [-0.1, -0.05) is 13.8 Å². The molecule has 5 rings (SSSR count). The maximum absolute atomic E-state index is 14.1. The highest BCUT2D eigenvalue weighted by Crippen LogP contribution is 2.44. The van der Waals surface area contributed by atoms with E-state index in [2.05, 4.69) is 25.3 Å². The molecule has 0 aliphatic heterocycles. The zero-order valence-corrected chi connectivity index (χ0v) is 25.6. The average molecular weight is 647 g/mol. The number of anilines is 2. The van der Waals surface area contributed by atoms with Crippen LogP contribution in [0.5, 0.6) is 5.75 Å². The van der Waals surface area contributed by atoms with Gasteiger partial charge in [-0.15, -0.1) is 0 Å². The minimum Gasteiger partial charge on any atom is -0.496 e. The lowest BCUT2D eigenvalue weighted by Gasteiger charge is -2.38. The van der Waals surface area contributed by atoms with Crippen molar-refractivity contribution in [2.75, 3.05) is 24.7 Å². The molecular formula is C32H32F6N6O2. The molecule has 0 saturated heterocycles. The van der Waals surface area contributed by atoms with E-state index < -0.39 is 41.8 Å². The van der Waals surface area contributed by atoms with Crippen molar-refractivity contribution in [1.29, 1.82) is 0 Å². The number of nitrogens with two attached hydrogens (primary N) is 1. The van der Waals surface area contributed by atoms with E-state index in [9.17, 15) is 31.4 Å². The lowest BCUT2D eigenvalue weighted by molar-refractivity contribution is -0.260. The second-order valence-electron chi connectivity index (χ2n) is 11.4. The highest BCUT2D eigenvalue weighted by Gasteiger charge is 2.56. The van der Waals surface area contributed by atoms with Crippen LogP contribution >= 0.6 is 0 Å². The van der Waals surface area contributed by atoms with Crippen molar-refractivity contribution in [2.24, 2.45) is 0 Å². The molecule has 5 aromatic rings. The van der Waals surface area contributed by atoms with E-state index in [1.54, 1.807) is 13.8 Å². The monoisotopic (exact) mass is 646 g/mol.